The van der Waals surface area contributed by atoms with Gasteiger partial charge in [0.05, 0.1) is 6.20 Å². The van der Waals surface area contributed by atoms with Gasteiger partial charge in [0.15, 0.2) is 11.7 Å². The van der Waals surface area contributed by atoms with Crippen molar-refractivity contribution >= 4 is 11.8 Å². The number of rotatable bonds is 9. The molecule has 2 aromatic rings. The van der Waals surface area contributed by atoms with E-state index < -0.39 is 6.04 Å². The molecule has 1 atom stereocenters. The number of aromatic nitrogens is 1. The molecule has 2 N–H and O–H groups in total. The Morgan fingerprint density at radius 3 is 2.48 bits per heavy atom. The molecule has 0 saturated heterocycles. The lowest BCUT2D eigenvalue weighted by Crippen LogP contribution is -2.44. The first-order chi connectivity index (χ1) is 12.9. The van der Waals surface area contributed by atoms with Crippen LogP contribution in [0.2, 0.25) is 0 Å². The first-order valence-corrected chi connectivity index (χ1v) is 9.50. The molecule has 0 aliphatic heterocycles. The van der Waals surface area contributed by atoms with Gasteiger partial charge in [0.1, 0.15) is 6.04 Å². The van der Waals surface area contributed by atoms with Gasteiger partial charge < -0.3 is 15.1 Å². The number of hydrogen-bond acceptors (Lipinski definition) is 4. The number of hydrogen-bond donors (Lipinski definition) is 2. The molecule has 0 aliphatic carbocycles. The van der Waals surface area contributed by atoms with Gasteiger partial charge in [-0.25, -0.2) is 4.98 Å². The third kappa shape index (κ3) is 6.55. The Kier molecular flexibility index (Phi) is 7.58. The number of nitrogens with one attached hydrogen (secondary N) is 2. The SMILES string of the molecule is CCNC(=O)[C@H](C)NC(=O)CCc1ncc(-c2ccc(CC(C)C)cc2)o1. The molecular formula is C21H29N3O3. The quantitative estimate of drug-likeness (QED) is 0.709. The van der Waals surface area contributed by atoms with Crippen molar-refractivity contribution in [3.8, 4) is 11.3 Å². The number of aryl methyl sites for hydroxylation is 1. The highest BCUT2D eigenvalue weighted by atomic mass is 16.4. The monoisotopic (exact) mass is 371 g/mol. The van der Waals surface area contributed by atoms with Crippen LogP contribution >= 0.6 is 0 Å². The van der Waals surface area contributed by atoms with E-state index >= 15 is 0 Å². The molecule has 0 fully saturated rings. The largest absolute Gasteiger partial charge is 0.441 e. The molecule has 0 unspecified atom stereocenters. The fraction of sp³-hybridized carbons (Fsp3) is 0.476. The molecule has 1 aromatic carbocycles. The van der Waals surface area contributed by atoms with Crippen LogP contribution in [0, 0.1) is 5.92 Å². The topological polar surface area (TPSA) is 84.2 Å². The zero-order valence-corrected chi connectivity index (χ0v) is 16.5. The molecule has 2 rings (SSSR count). The Hall–Kier alpha value is -2.63. The Morgan fingerprint density at radius 1 is 1.15 bits per heavy atom. The van der Waals surface area contributed by atoms with Crippen LogP contribution in [-0.4, -0.2) is 29.4 Å². The van der Waals surface area contributed by atoms with Crippen LogP contribution in [0.3, 0.4) is 0 Å². The van der Waals surface area contributed by atoms with Crippen molar-refractivity contribution in [3.05, 3.63) is 41.9 Å². The molecule has 2 amide bonds. The molecule has 0 saturated carbocycles. The van der Waals surface area contributed by atoms with Crippen molar-refractivity contribution in [2.45, 2.75) is 53.0 Å². The summed E-state index contributed by atoms with van der Waals surface area (Å²) < 4.78 is 5.76. The zero-order chi connectivity index (χ0) is 19.8. The Balaban J connectivity index is 1.87. The van der Waals surface area contributed by atoms with E-state index in [1.54, 1.807) is 13.1 Å². The van der Waals surface area contributed by atoms with E-state index in [2.05, 4.69) is 41.6 Å². The van der Waals surface area contributed by atoms with Gasteiger partial charge in [-0.05, 0) is 31.7 Å². The molecule has 6 nitrogen and oxygen atoms in total. The van der Waals surface area contributed by atoms with Crippen LogP contribution in [-0.2, 0) is 22.4 Å². The van der Waals surface area contributed by atoms with E-state index in [4.69, 9.17) is 4.42 Å². The van der Waals surface area contributed by atoms with Crippen molar-refractivity contribution < 1.29 is 14.0 Å². The van der Waals surface area contributed by atoms with Crippen LogP contribution < -0.4 is 10.6 Å². The maximum absolute atomic E-state index is 12.0. The van der Waals surface area contributed by atoms with Crippen molar-refractivity contribution in [1.82, 2.24) is 15.6 Å². The van der Waals surface area contributed by atoms with Crippen molar-refractivity contribution in [2.24, 2.45) is 5.92 Å². The summed E-state index contributed by atoms with van der Waals surface area (Å²) in [6.07, 6.45) is 3.34. The number of nitrogens with zero attached hydrogens (tertiary/aromatic N) is 1. The van der Waals surface area contributed by atoms with Crippen molar-refractivity contribution in [2.75, 3.05) is 6.54 Å². The highest BCUT2D eigenvalue weighted by molar-refractivity contribution is 5.87. The number of carbonyl (C=O) groups excluding carboxylic acids is 2. The normalized spacial score (nSPS) is 12.0. The molecule has 6 heteroatoms. The van der Waals surface area contributed by atoms with Crippen LogP contribution in [0.25, 0.3) is 11.3 Å². The molecule has 1 heterocycles. The minimum Gasteiger partial charge on any atom is -0.441 e. The summed E-state index contributed by atoms with van der Waals surface area (Å²) in [5.74, 6) is 1.43. The molecular weight excluding hydrogens is 342 g/mol. The summed E-state index contributed by atoms with van der Waals surface area (Å²) in [6.45, 7) is 8.43. The van der Waals surface area contributed by atoms with Gasteiger partial charge in [-0.3, -0.25) is 9.59 Å². The van der Waals surface area contributed by atoms with Crippen molar-refractivity contribution in [3.63, 3.8) is 0 Å². The predicted octanol–water partition coefficient (Wildman–Crippen LogP) is 3.11. The average Bonchev–Trinajstić information content (AvgIpc) is 3.09. The molecule has 0 radical (unpaired) electrons. The fourth-order valence-electron chi connectivity index (χ4n) is 2.76. The second kappa shape index (κ2) is 9.90. The standard InChI is InChI=1S/C21H29N3O3/c1-5-22-21(26)15(4)24-19(25)10-11-20-23-13-18(27-20)17-8-6-16(7-9-17)12-14(2)3/h6-9,13-15H,5,10-12H2,1-4H3,(H,22,26)(H,24,25)/t15-/m0/s1. The molecule has 146 valence electrons. The fourth-order valence-corrected chi connectivity index (χ4v) is 2.76. The van der Waals surface area contributed by atoms with Crippen LogP contribution in [0.1, 0.15) is 45.6 Å². The minimum atomic E-state index is -0.554. The summed E-state index contributed by atoms with van der Waals surface area (Å²) in [7, 11) is 0. The zero-order valence-electron chi connectivity index (χ0n) is 16.5. The summed E-state index contributed by atoms with van der Waals surface area (Å²) in [4.78, 5) is 27.9. The van der Waals surface area contributed by atoms with Crippen LogP contribution in [0.5, 0.6) is 0 Å². The van der Waals surface area contributed by atoms with Gasteiger partial charge in [0.2, 0.25) is 11.8 Å². The van der Waals surface area contributed by atoms with Gasteiger partial charge in [0.25, 0.3) is 0 Å². The van der Waals surface area contributed by atoms with E-state index in [-0.39, 0.29) is 18.2 Å². The van der Waals surface area contributed by atoms with Gasteiger partial charge >= 0.3 is 0 Å². The van der Waals surface area contributed by atoms with E-state index in [0.29, 0.717) is 30.5 Å². The van der Waals surface area contributed by atoms with Gasteiger partial charge in [0, 0.05) is 24.9 Å². The maximum Gasteiger partial charge on any atom is 0.242 e. The predicted molar refractivity (Wildman–Crippen MR) is 105 cm³/mol. The minimum absolute atomic E-state index is 0.190. The Bertz CT molecular complexity index is 750. The van der Waals surface area contributed by atoms with E-state index in [1.807, 2.05) is 19.1 Å². The first-order valence-electron chi connectivity index (χ1n) is 9.50. The van der Waals surface area contributed by atoms with Gasteiger partial charge in [-0.15, -0.1) is 0 Å². The third-order valence-corrected chi connectivity index (χ3v) is 4.12. The van der Waals surface area contributed by atoms with Gasteiger partial charge in [-0.2, -0.15) is 0 Å². The maximum atomic E-state index is 12.0. The van der Waals surface area contributed by atoms with Crippen LogP contribution in [0.15, 0.2) is 34.9 Å². The lowest BCUT2D eigenvalue weighted by molar-refractivity contribution is -0.128. The molecule has 1 aromatic heterocycles. The Labute approximate surface area is 160 Å². The average molecular weight is 371 g/mol. The van der Waals surface area contributed by atoms with Crippen molar-refractivity contribution in [1.29, 1.82) is 0 Å². The summed E-state index contributed by atoms with van der Waals surface area (Å²) >= 11 is 0. The molecule has 27 heavy (non-hydrogen) atoms. The van der Waals surface area contributed by atoms with Crippen LogP contribution in [0.4, 0.5) is 0 Å². The number of carbonyl (C=O) groups is 2. The second-order valence-electron chi connectivity index (χ2n) is 7.10. The lowest BCUT2D eigenvalue weighted by Gasteiger charge is -2.12. The number of amides is 2. The summed E-state index contributed by atoms with van der Waals surface area (Å²) in [5.41, 5.74) is 2.27. The summed E-state index contributed by atoms with van der Waals surface area (Å²) in [5, 5.41) is 5.35. The molecule has 0 spiro atoms. The lowest BCUT2D eigenvalue weighted by atomic mass is 10.0. The second-order valence-corrected chi connectivity index (χ2v) is 7.10. The molecule has 0 aliphatic rings. The highest BCUT2D eigenvalue weighted by Gasteiger charge is 2.15. The summed E-state index contributed by atoms with van der Waals surface area (Å²) in [6, 6.07) is 7.72. The van der Waals surface area contributed by atoms with E-state index in [9.17, 15) is 9.59 Å². The number of oxazole rings is 1. The number of likely N-dealkylation sites (N-methyl/N-ethyl adjacent to an activating group) is 1. The first kappa shape index (κ1) is 20.7. The number of benzene rings is 1. The highest BCUT2D eigenvalue weighted by Crippen LogP contribution is 2.22. The Morgan fingerprint density at radius 2 is 1.85 bits per heavy atom. The third-order valence-electron chi connectivity index (χ3n) is 4.12. The molecule has 0 bridgehead atoms. The van der Waals surface area contributed by atoms with Gasteiger partial charge in [-0.1, -0.05) is 38.1 Å². The smallest absolute Gasteiger partial charge is 0.242 e. The van der Waals surface area contributed by atoms with E-state index in [0.717, 1.165) is 12.0 Å². The van der Waals surface area contributed by atoms with E-state index in [1.165, 1.54) is 5.56 Å².